The number of hydrogen-bond acceptors (Lipinski definition) is 4. The van der Waals surface area contributed by atoms with Crippen LogP contribution in [0.4, 0.5) is 5.69 Å². The maximum atomic E-state index is 12.3. The first-order valence-corrected chi connectivity index (χ1v) is 7.69. The van der Waals surface area contributed by atoms with Crippen LogP contribution in [0.1, 0.15) is 12.0 Å². The minimum atomic E-state index is -0.623. The highest BCUT2D eigenvalue weighted by atomic mass is 16.2. The second-order valence-corrected chi connectivity index (χ2v) is 5.71. The third-order valence-electron chi connectivity index (χ3n) is 4.06. The average molecular weight is 325 g/mol. The van der Waals surface area contributed by atoms with E-state index in [4.69, 9.17) is 5.73 Å². The van der Waals surface area contributed by atoms with Gasteiger partial charge in [-0.3, -0.25) is 14.7 Å². The monoisotopic (exact) mass is 325 g/mol. The molecule has 0 spiro atoms. The number of carbonyl (C=O) groups excluding carboxylic acids is 1. The summed E-state index contributed by atoms with van der Waals surface area (Å²) in [6.07, 6.45) is 4.70. The number of nitrogens with zero attached hydrogens (tertiary/aromatic N) is 2. The van der Waals surface area contributed by atoms with Gasteiger partial charge >= 0.3 is 0 Å². The number of rotatable bonds is 5. The molecule has 7 nitrogen and oxygen atoms in total. The van der Waals surface area contributed by atoms with Crippen LogP contribution in [-0.2, 0) is 18.3 Å². The minimum Gasteiger partial charge on any atom is -0.324 e. The molecule has 24 heavy (non-hydrogen) atoms. The average Bonchev–Trinajstić information content (AvgIpc) is 3.10. The quantitative estimate of drug-likeness (QED) is 0.654. The van der Waals surface area contributed by atoms with Crippen LogP contribution < -0.4 is 16.6 Å². The number of anilines is 1. The Hall–Kier alpha value is -2.93. The second kappa shape index (κ2) is 6.67. The fraction of sp³-hybridized carbons (Fsp3) is 0.235. The fourth-order valence-corrected chi connectivity index (χ4v) is 2.61. The van der Waals surface area contributed by atoms with Crippen molar-refractivity contribution in [1.82, 2.24) is 14.8 Å². The smallest absolute Gasteiger partial charge is 0.250 e. The highest BCUT2D eigenvalue weighted by Gasteiger charge is 2.15. The summed E-state index contributed by atoms with van der Waals surface area (Å²) in [4.78, 5) is 24.1. The highest BCUT2D eigenvalue weighted by Crippen LogP contribution is 2.21. The normalized spacial score (nSPS) is 12.2. The molecule has 124 valence electrons. The lowest BCUT2D eigenvalue weighted by Crippen LogP contribution is -2.36. The van der Waals surface area contributed by atoms with E-state index in [-0.39, 0.29) is 11.5 Å². The molecule has 1 aromatic carbocycles. The van der Waals surface area contributed by atoms with E-state index in [0.717, 1.165) is 16.5 Å². The zero-order chi connectivity index (χ0) is 17.1. The van der Waals surface area contributed by atoms with Crippen LogP contribution in [0.2, 0.25) is 0 Å². The molecular weight excluding hydrogens is 306 g/mol. The largest absolute Gasteiger partial charge is 0.324 e. The SMILES string of the molecule is Cn1c(=O)ccc2c(NC(=O)C(N)CCc3cn[nH]c3)cccc21. The van der Waals surface area contributed by atoms with Gasteiger partial charge in [-0.25, -0.2) is 0 Å². The van der Waals surface area contributed by atoms with E-state index < -0.39 is 6.04 Å². The minimum absolute atomic E-state index is 0.0946. The molecule has 3 rings (SSSR count). The van der Waals surface area contributed by atoms with E-state index in [1.54, 1.807) is 42.2 Å². The predicted octanol–water partition coefficient (Wildman–Crippen LogP) is 1.16. The van der Waals surface area contributed by atoms with Crippen LogP contribution in [0.15, 0.2) is 47.5 Å². The second-order valence-electron chi connectivity index (χ2n) is 5.71. The Morgan fingerprint density at radius 2 is 2.21 bits per heavy atom. The molecule has 0 saturated carbocycles. The number of carbonyl (C=O) groups is 1. The van der Waals surface area contributed by atoms with Crippen LogP contribution in [-0.4, -0.2) is 26.7 Å². The van der Waals surface area contributed by atoms with Gasteiger partial charge in [-0.2, -0.15) is 5.10 Å². The molecule has 0 aliphatic heterocycles. The summed E-state index contributed by atoms with van der Waals surface area (Å²) >= 11 is 0. The van der Waals surface area contributed by atoms with Crippen molar-refractivity contribution in [3.63, 3.8) is 0 Å². The number of benzene rings is 1. The van der Waals surface area contributed by atoms with E-state index in [2.05, 4.69) is 15.5 Å². The van der Waals surface area contributed by atoms with Gasteiger partial charge in [0.05, 0.1) is 23.4 Å². The number of aromatic amines is 1. The van der Waals surface area contributed by atoms with E-state index >= 15 is 0 Å². The topological polar surface area (TPSA) is 106 Å². The van der Waals surface area contributed by atoms with Gasteiger partial charge in [0.2, 0.25) is 5.91 Å². The van der Waals surface area contributed by atoms with Crippen molar-refractivity contribution in [2.75, 3.05) is 5.32 Å². The molecule has 1 amide bonds. The first kappa shape index (κ1) is 15.9. The lowest BCUT2D eigenvalue weighted by molar-refractivity contribution is -0.117. The Kier molecular flexibility index (Phi) is 4.43. The van der Waals surface area contributed by atoms with Crippen molar-refractivity contribution in [3.8, 4) is 0 Å². The molecule has 3 aromatic rings. The molecule has 1 unspecified atom stereocenters. The molecule has 2 heterocycles. The number of aromatic nitrogens is 3. The number of nitrogens with two attached hydrogens (primary N) is 1. The first-order chi connectivity index (χ1) is 11.6. The van der Waals surface area contributed by atoms with Crippen molar-refractivity contribution >= 4 is 22.5 Å². The first-order valence-electron chi connectivity index (χ1n) is 7.69. The number of amides is 1. The van der Waals surface area contributed by atoms with Crippen LogP contribution in [0.25, 0.3) is 10.9 Å². The Morgan fingerprint density at radius 1 is 1.38 bits per heavy atom. The van der Waals surface area contributed by atoms with Crippen LogP contribution in [0.5, 0.6) is 0 Å². The van der Waals surface area contributed by atoms with Crippen molar-refractivity contribution in [3.05, 3.63) is 58.6 Å². The zero-order valence-corrected chi connectivity index (χ0v) is 13.3. The summed E-state index contributed by atoms with van der Waals surface area (Å²) in [6, 6.07) is 8.01. The van der Waals surface area contributed by atoms with Gasteiger partial charge in [-0.1, -0.05) is 6.07 Å². The molecule has 0 radical (unpaired) electrons. The van der Waals surface area contributed by atoms with Crippen molar-refractivity contribution in [2.24, 2.45) is 12.8 Å². The van der Waals surface area contributed by atoms with Gasteiger partial charge < -0.3 is 15.6 Å². The Labute approximate surface area is 138 Å². The van der Waals surface area contributed by atoms with Gasteiger partial charge in [0.1, 0.15) is 0 Å². The third kappa shape index (κ3) is 3.21. The summed E-state index contributed by atoms with van der Waals surface area (Å²) in [5.41, 5.74) is 8.30. The third-order valence-corrected chi connectivity index (χ3v) is 4.06. The van der Waals surface area contributed by atoms with Crippen molar-refractivity contribution in [1.29, 1.82) is 0 Å². The van der Waals surface area contributed by atoms with E-state index in [0.29, 0.717) is 18.5 Å². The highest BCUT2D eigenvalue weighted by molar-refractivity contribution is 6.02. The predicted molar refractivity (Wildman–Crippen MR) is 92.7 cm³/mol. The van der Waals surface area contributed by atoms with E-state index in [1.807, 2.05) is 6.07 Å². The number of nitrogens with one attached hydrogen (secondary N) is 2. The molecular formula is C17H19N5O2. The van der Waals surface area contributed by atoms with Gasteiger partial charge in [0.25, 0.3) is 5.56 Å². The molecule has 2 aromatic heterocycles. The molecule has 0 fully saturated rings. The molecule has 1 atom stereocenters. The van der Waals surface area contributed by atoms with Crippen molar-refractivity contribution in [2.45, 2.75) is 18.9 Å². The summed E-state index contributed by atoms with van der Waals surface area (Å²) in [7, 11) is 1.70. The van der Waals surface area contributed by atoms with Crippen LogP contribution in [0.3, 0.4) is 0 Å². The number of fused-ring (bicyclic) bond motifs is 1. The summed E-state index contributed by atoms with van der Waals surface area (Å²) < 4.78 is 1.55. The molecule has 7 heteroatoms. The molecule has 4 N–H and O–H groups in total. The molecule has 0 aliphatic carbocycles. The van der Waals surface area contributed by atoms with Gasteiger partial charge in [-0.05, 0) is 36.6 Å². The summed E-state index contributed by atoms with van der Waals surface area (Å²) in [5, 5.41) is 10.3. The van der Waals surface area contributed by atoms with Crippen LogP contribution >= 0.6 is 0 Å². The summed E-state index contributed by atoms with van der Waals surface area (Å²) in [5.74, 6) is -0.250. The Bertz CT molecular complexity index is 914. The number of aryl methyl sites for hydroxylation is 2. The lowest BCUT2D eigenvalue weighted by atomic mass is 10.1. The molecule has 0 bridgehead atoms. The molecule has 0 saturated heterocycles. The maximum absolute atomic E-state index is 12.3. The van der Waals surface area contributed by atoms with Gasteiger partial charge in [0, 0.05) is 24.7 Å². The molecule has 0 aliphatic rings. The van der Waals surface area contributed by atoms with Gasteiger partial charge in [0.15, 0.2) is 0 Å². The number of hydrogen-bond donors (Lipinski definition) is 3. The van der Waals surface area contributed by atoms with E-state index in [1.165, 1.54) is 6.07 Å². The summed E-state index contributed by atoms with van der Waals surface area (Å²) in [6.45, 7) is 0. The Balaban J connectivity index is 1.75. The number of H-pyrrole nitrogens is 1. The Morgan fingerprint density at radius 3 is 2.96 bits per heavy atom. The van der Waals surface area contributed by atoms with Crippen LogP contribution in [0, 0.1) is 0 Å². The number of pyridine rings is 1. The standard InChI is InChI=1S/C17H19N5O2/c1-22-15-4-2-3-14(12(15)6-8-16(22)23)21-17(24)13(18)7-5-11-9-19-20-10-11/h2-4,6,8-10,13H,5,7,18H2,1H3,(H,19,20)(H,21,24). The van der Waals surface area contributed by atoms with Crippen molar-refractivity contribution < 1.29 is 4.79 Å². The zero-order valence-electron chi connectivity index (χ0n) is 13.3. The maximum Gasteiger partial charge on any atom is 0.250 e. The fourth-order valence-electron chi connectivity index (χ4n) is 2.61. The lowest BCUT2D eigenvalue weighted by Gasteiger charge is -2.14. The van der Waals surface area contributed by atoms with E-state index in [9.17, 15) is 9.59 Å². The van der Waals surface area contributed by atoms with Gasteiger partial charge in [-0.15, -0.1) is 0 Å².